The molecule has 0 aliphatic heterocycles. The number of unbranched alkanes of at least 4 members (excludes halogenated alkanes) is 7. The predicted octanol–water partition coefficient (Wildman–Crippen LogP) is 5.37. The first-order chi connectivity index (χ1) is 14.8. The van der Waals surface area contributed by atoms with Crippen LogP contribution < -0.4 is 0 Å². The van der Waals surface area contributed by atoms with Crippen LogP contribution in [0.15, 0.2) is 36.5 Å². The van der Waals surface area contributed by atoms with Gasteiger partial charge in [0, 0.05) is 6.42 Å². The third-order valence-electron chi connectivity index (χ3n) is 4.39. The van der Waals surface area contributed by atoms with E-state index >= 15 is 0 Å². The quantitative estimate of drug-likeness (QED) is 0.0969. The number of esters is 1. The van der Waals surface area contributed by atoms with E-state index in [-0.39, 0.29) is 13.0 Å². The summed E-state index contributed by atoms with van der Waals surface area (Å²) in [5.41, 5.74) is 0. The molecule has 0 radical (unpaired) electrons. The van der Waals surface area contributed by atoms with Gasteiger partial charge in [0.1, 0.15) is 12.7 Å². The Labute approximate surface area is 187 Å². The number of ether oxygens (including phenoxy) is 1. The van der Waals surface area contributed by atoms with Gasteiger partial charge in [0.05, 0.1) is 6.61 Å². The van der Waals surface area contributed by atoms with Crippen molar-refractivity contribution in [2.75, 3.05) is 13.2 Å². The van der Waals surface area contributed by atoms with Crippen molar-refractivity contribution in [1.82, 2.24) is 0 Å². The minimum atomic E-state index is -4.63. The minimum Gasteiger partial charge on any atom is -0.463 e. The van der Waals surface area contributed by atoms with Gasteiger partial charge in [0.2, 0.25) is 0 Å². The first kappa shape index (κ1) is 29.8. The van der Waals surface area contributed by atoms with Crippen molar-refractivity contribution in [2.45, 2.75) is 90.1 Å². The van der Waals surface area contributed by atoms with E-state index in [2.05, 4.69) is 47.9 Å². The van der Waals surface area contributed by atoms with Gasteiger partial charge in [-0.05, 0) is 44.9 Å². The van der Waals surface area contributed by atoms with Gasteiger partial charge >= 0.3 is 13.8 Å². The molecule has 0 spiro atoms. The second kappa shape index (κ2) is 20.7. The summed E-state index contributed by atoms with van der Waals surface area (Å²) in [5.74, 6) is -0.433. The van der Waals surface area contributed by atoms with Crippen LogP contribution in [0.2, 0.25) is 0 Å². The van der Waals surface area contributed by atoms with Crippen LogP contribution in [0.4, 0.5) is 0 Å². The number of carbonyl (C=O) groups is 1. The number of phosphoric acid groups is 1. The summed E-state index contributed by atoms with van der Waals surface area (Å²) in [4.78, 5) is 28.6. The topological polar surface area (TPSA) is 113 Å². The zero-order chi connectivity index (χ0) is 23.2. The number of aliphatic hydroxyl groups excluding tert-OH is 1. The molecule has 0 saturated carbocycles. The maximum Gasteiger partial charge on any atom is 0.469 e. The molecular formula is C23H41O7P. The normalized spacial score (nSPS) is 13.5. The predicted molar refractivity (Wildman–Crippen MR) is 123 cm³/mol. The summed E-state index contributed by atoms with van der Waals surface area (Å²) >= 11 is 0. The van der Waals surface area contributed by atoms with Gasteiger partial charge in [-0.25, -0.2) is 4.57 Å². The standard InChI is InChI=1S/C23H41O7P/c1-2-3-4-5-6-7-8-9-10-11-12-13-14-15-16-17-18-19-23(25)29-20-22(24)21-30-31(26,27)28/h6-7,9-10,12-13,22,24H,2-5,8,11,14-21H2,1H3,(H2,26,27,28)/b7-6-,10-9-,13-12-. The molecule has 0 heterocycles. The van der Waals surface area contributed by atoms with Gasteiger partial charge < -0.3 is 19.6 Å². The van der Waals surface area contributed by atoms with Crippen molar-refractivity contribution in [3.63, 3.8) is 0 Å². The molecule has 180 valence electrons. The van der Waals surface area contributed by atoms with E-state index in [0.29, 0.717) is 6.42 Å². The van der Waals surface area contributed by atoms with Crippen molar-refractivity contribution in [3.05, 3.63) is 36.5 Å². The monoisotopic (exact) mass is 460 g/mol. The molecule has 1 unspecified atom stereocenters. The van der Waals surface area contributed by atoms with Crippen LogP contribution in [0.1, 0.15) is 84.0 Å². The van der Waals surface area contributed by atoms with Gasteiger partial charge in [0.15, 0.2) is 0 Å². The molecule has 0 aromatic heterocycles. The van der Waals surface area contributed by atoms with E-state index in [4.69, 9.17) is 14.5 Å². The molecular weight excluding hydrogens is 419 g/mol. The summed E-state index contributed by atoms with van der Waals surface area (Å²) in [6.07, 6.45) is 24.1. The highest BCUT2D eigenvalue weighted by atomic mass is 31.2. The average Bonchev–Trinajstić information content (AvgIpc) is 2.72. The van der Waals surface area contributed by atoms with E-state index in [1.807, 2.05) is 0 Å². The summed E-state index contributed by atoms with van der Waals surface area (Å²) in [6, 6.07) is 0. The van der Waals surface area contributed by atoms with Crippen molar-refractivity contribution in [1.29, 1.82) is 0 Å². The van der Waals surface area contributed by atoms with Gasteiger partial charge in [-0.2, -0.15) is 0 Å². The molecule has 0 bridgehead atoms. The molecule has 0 aliphatic rings. The Balaban J connectivity index is 3.49. The fourth-order valence-electron chi connectivity index (χ4n) is 2.67. The van der Waals surface area contributed by atoms with Crippen molar-refractivity contribution in [3.8, 4) is 0 Å². The van der Waals surface area contributed by atoms with Crippen LogP contribution >= 0.6 is 7.82 Å². The molecule has 0 saturated heterocycles. The third kappa shape index (κ3) is 24.9. The van der Waals surface area contributed by atoms with Crippen LogP contribution in [0, 0.1) is 0 Å². The Morgan fingerprint density at radius 3 is 1.97 bits per heavy atom. The minimum absolute atomic E-state index is 0.264. The lowest BCUT2D eigenvalue weighted by Gasteiger charge is -2.12. The van der Waals surface area contributed by atoms with Crippen molar-refractivity contribution < 1.29 is 33.5 Å². The van der Waals surface area contributed by atoms with Crippen LogP contribution in [-0.2, 0) is 18.6 Å². The maximum atomic E-state index is 11.6. The highest BCUT2D eigenvalue weighted by molar-refractivity contribution is 7.46. The van der Waals surface area contributed by atoms with Crippen LogP contribution in [0.25, 0.3) is 0 Å². The van der Waals surface area contributed by atoms with E-state index in [0.717, 1.165) is 38.5 Å². The number of hydrogen-bond donors (Lipinski definition) is 3. The number of aliphatic hydroxyl groups is 1. The Bertz CT molecular complexity index is 566. The van der Waals surface area contributed by atoms with Crippen molar-refractivity contribution >= 4 is 13.8 Å². The van der Waals surface area contributed by atoms with Gasteiger partial charge in [0.25, 0.3) is 0 Å². The van der Waals surface area contributed by atoms with Gasteiger partial charge in [-0.3, -0.25) is 9.32 Å². The molecule has 3 N–H and O–H groups in total. The van der Waals surface area contributed by atoms with Gasteiger partial charge in [-0.15, -0.1) is 0 Å². The molecule has 0 rings (SSSR count). The highest BCUT2D eigenvalue weighted by Gasteiger charge is 2.17. The van der Waals surface area contributed by atoms with Crippen molar-refractivity contribution in [2.24, 2.45) is 0 Å². The summed E-state index contributed by atoms with van der Waals surface area (Å²) in [7, 11) is -4.63. The second-order valence-corrected chi connectivity index (χ2v) is 8.70. The van der Waals surface area contributed by atoms with E-state index in [9.17, 15) is 14.5 Å². The van der Waals surface area contributed by atoms with E-state index in [1.54, 1.807) is 0 Å². The molecule has 0 aromatic carbocycles. The number of allylic oxidation sites excluding steroid dienone is 6. The average molecular weight is 461 g/mol. The molecule has 0 aliphatic carbocycles. The molecule has 0 fully saturated rings. The highest BCUT2D eigenvalue weighted by Crippen LogP contribution is 2.35. The smallest absolute Gasteiger partial charge is 0.463 e. The van der Waals surface area contributed by atoms with E-state index < -0.39 is 26.5 Å². The SMILES string of the molecule is CCCCC/C=C\C/C=C\C/C=C\CCCCCCC(=O)OCC(O)COP(=O)(O)O. The molecule has 8 heteroatoms. The lowest BCUT2D eigenvalue weighted by atomic mass is 10.1. The summed E-state index contributed by atoms with van der Waals surface area (Å²) in [6.45, 7) is 1.29. The number of hydrogen-bond acceptors (Lipinski definition) is 5. The molecule has 31 heavy (non-hydrogen) atoms. The molecule has 0 amide bonds. The second-order valence-electron chi connectivity index (χ2n) is 7.46. The lowest BCUT2D eigenvalue weighted by Crippen LogP contribution is -2.23. The Morgan fingerprint density at radius 2 is 1.39 bits per heavy atom. The Kier molecular flexibility index (Phi) is 19.8. The fourth-order valence-corrected chi connectivity index (χ4v) is 3.03. The number of phosphoric ester groups is 1. The third-order valence-corrected chi connectivity index (χ3v) is 4.88. The zero-order valence-corrected chi connectivity index (χ0v) is 19.8. The molecule has 7 nitrogen and oxygen atoms in total. The van der Waals surface area contributed by atoms with Gasteiger partial charge in [-0.1, -0.05) is 69.1 Å². The Hall–Kier alpha value is -1.24. The molecule has 0 aromatic rings. The maximum absolute atomic E-state index is 11.6. The fraction of sp³-hybridized carbons (Fsp3) is 0.696. The van der Waals surface area contributed by atoms with Crippen LogP contribution in [0.3, 0.4) is 0 Å². The zero-order valence-electron chi connectivity index (χ0n) is 18.9. The largest absolute Gasteiger partial charge is 0.469 e. The number of carbonyl (C=O) groups excluding carboxylic acids is 1. The van der Waals surface area contributed by atoms with Crippen LogP contribution in [-0.4, -0.2) is 40.2 Å². The first-order valence-electron chi connectivity index (χ1n) is 11.3. The lowest BCUT2D eigenvalue weighted by molar-refractivity contribution is -0.147. The molecule has 1 atom stereocenters. The van der Waals surface area contributed by atoms with Crippen LogP contribution in [0.5, 0.6) is 0 Å². The Morgan fingerprint density at radius 1 is 0.839 bits per heavy atom. The van der Waals surface area contributed by atoms with E-state index in [1.165, 1.54) is 25.7 Å². The first-order valence-corrected chi connectivity index (χ1v) is 12.9. The summed E-state index contributed by atoms with van der Waals surface area (Å²) in [5, 5.41) is 9.42. The number of rotatable bonds is 20. The summed E-state index contributed by atoms with van der Waals surface area (Å²) < 4.78 is 19.5.